The summed E-state index contributed by atoms with van der Waals surface area (Å²) in [6.45, 7) is 4.71. The van der Waals surface area contributed by atoms with Crippen LogP contribution in [0, 0.1) is 0 Å². The van der Waals surface area contributed by atoms with E-state index < -0.39 is 20.0 Å². The van der Waals surface area contributed by atoms with E-state index in [0.29, 0.717) is 17.4 Å². The topological polar surface area (TPSA) is 105 Å². The van der Waals surface area contributed by atoms with Crippen molar-refractivity contribution in [1.82, 2.24) is 5.32 Å². The predicted octanol–water partition coefficient (Wildman–Crippen LogP) is 25.0. The van der Waals surface area contributed by atoms with Crippen molar-refractivity contribution in [3.8, 4) is 0 Å². The van der Waals surface area contributed by atoms with Crippen LogP contribution >= 0.6 is 7.82 Å². The minimum absolute atomic E-state index is 0.0518. The first kappa shape index (κ1) is 87.2. The summed E-state index contributed by atoms with van der Waals surface area (Å²) in [7, 11) is 1.55. The molecule has 1 amide bonds. The van der Waals surface area contributed by atoms with Crippen LogP contribution in [0.15, 0.2) is 109 Å². The van der Waals surface area contributed by atoms with Gasteiger partial charge in [-0.2, -0.15) is 0 Å². The van der Waals surface area contributed by atoms with Gasteiger partial charge < -0.3 is 19.8 Å². The Labute approximate surface area is 559 Å². The number of quaternary nitrogens is 1. The molecule has 0 aromatic rings. The zero-order chi connectivity index (χ0) is 65.5. The summed E-state index contributed by atoms with van der Waals surface area (Å²) in [6.07, 6.45) is 104. The maximum atomic E-state index is 13.1. The van der Waals surface area contributed by atoms with Gasteiger partial charge in [-0.05, 0) is 96.3 Å². The second-order valence-corrected chi connectivity index (χ2v) is 28.4. The summed E-state index contributed by atoms with van der Waals surface area (Å²) in [4.78, 5) is 23.5. The van der Waals surface area contributed by atoms with E-state index in [1.807, 2.05) is 27.2 Å². The normalized spacial score (nSPS) is 14.2. The average molecular weight is 1280 g/mol. The van der Waals surface area contributed by atoms with Crippen LogP contribution in [-0.4, -0.2) is 73.4 Å². The zero-order valence-corrected chi connectivity index (χ0v) is 60.8. The first-order valence-corrected chi connectivity index (χ1v) is 39.8. The van der Waals surface area contributed by atoms with Gasteiger partial charge in [0, 0.05) is 6.42 Å². The van der Waals surface area contributed by atoms with E-state index in [2.05, 4.69) is 116 Å². The number of nitrogens with one attached hydrogen (secondary N) is 1. The predicted molar refractivity (Wildman–Crippen MR) is 396 cm³/mol. The standard InChI is InChI=1S/C81H147N2O6P/c1-6-8-10-12-14-16-18-20-22-24-26-28-30-32-34-35-36-37-38-39-40-41-42-43-44-45-46-47-49-51-53-55-57-59-61-63-65-67-69-71-73-75-81(85)82-79(78-89-90(86,87)88-77-76-83(3,4)5)80(84)74-72-70-68-66-64-62-60-58-56-54-52-50-48-33-31-29-27-25-23-21-19-17-15-13-11-9-7-2/h8,10,14,16,20,22,26,28,32,34,36-37,56,58,64,66,72,74,79-80,84H,6-7,9,11-13,15,17-19,21,23-25,27,29-31,33,35,38-55,57,59-63,65,67-71,73,75-78H2,1-5H3,(H-,82,85,86,87)/p+1/b10-8-,16-14-,22-20-,28-26-,34-32-,37-36-,58-56+,66-64+,74-72+. The maximum Gasteiger partial charge on any atom is 0.472 e. The fourth-order valence-corrected chi connectivity index (χ4v) is 11.8. The summed E-state index contributed by atoms with van der Waals surface area (Å²) in [5.41, 5.74) is 0. The molecule has 0 aromatic heterocycles. The molecule has 3 unspecified atom stereocenters. The Hall–Kier alpha value is -2.84. The summed E-state index contributed by atoms with van der Waals surface area (Å²) in [5.74, 6) is -0.187. The third kappa shape index (κ3) is 72.6. The van der Waals surface area contributed by atoms with Crippen LogP contribution in [0.5, 0.6) is 0 Å². The Morgan fingerprint density at radius 2 is 0.678 bits per heavy atom. The smallest absolute Gasteiger partial charge is 0.387 e. The molecule has 0 heterocycles. The van der Waals surface area contributed by atoms with Gasteiger partial charge in [-0.3, -0.25) is 13.8 Å². The van der Waals surface area contributed by atoms with Crippen molar-refractivity contribution in [3.05, 3.63) is 109 Å². The first-order chi connectivity index (χ1) is 44.0. The summed E-state index contributed by atoms with van der Waals surface area (Å²) < 4.78 is 23.8. The minimum atomic E-state index is -4.37. The van der Waals surface area contributed by atoms with Gasteiger partial charge in [0.25, 0.3) is 0 Å². The van der Waals surface area contributed by atoms with Crippen molar-refractivity contribution in [2.24, 2.45) is 0 Å². The fraction of sp³-hybridized carbons (Fsp3) is 0.765. The van der Waals surface area contributed by atoms with Crippen LogP contribution in [0.2, 0.25) is 0 Å². The second-order valence-electron chi connectivity index (χ2n) is 27.0. The highest BCUT2D eigenvalue weighted by molar-refractivity contribution is 7.47. The van der Waals surface area contributed by atoms with Crippen LogP contribution in [0.4, 0.5) is 0 Å². The van der Waals surface area contributed by atoms with E-state index in [4.69, 9.17) is 9.05 Å². The third-order valence-electron chi connectivity index (χ3n) is 17.0. The molecule has 0 aliphatic heterocycles. The third-order valence-corrected chi connectivity index (χ3v) is 17.9. The van der Waals surface area contributed by atoms with Gasteiger partial charge in [0.1, 0.15) is 13.2 Å². The molecule has 0 spiro atoms. The summed E-state index contributed by atoms with van der Waals surface area (Å²) >= 11 is 0. The molecule has 0 fully saturated rings. The Balaban J connectivity index is 4.02. The van der Waals surface area contributed by atoms with Crippen LogP contribution in [0.1, 0.15) is 348 Å². The van der Waals surface area contributed by atoms with E-state index in [0.717, 1.165) is 83.5 Å². The number of aliphatic hydroxyl groups is 1. The van der Waals surface area contributed by atoms with E-state index in [9.17, 15) is 19.4 Å². The molecule has 0 rings (SSSR count). The number of likely N-dealkylation sites (N-methyl/N-ethyl adjacent to an activating group) is 1. The lowest BCUT2D eigenvalue weighted by Crippen LogP contribution is -2.45. The average Bonchev–Trinajstić information content (AvgIpc) is 3.09. The number of unbranched alkanes of at least 4 members (excludes halogenated alkanes) is 41. The van der Waals surface area contributed by atoms with Crippen molar-refractivity contribution in [3.63, 3.8) is 0 Å². The molecular weight excluding hydrogens is 1130 g/mol. The van der Waals surface area contributed by atoms with Crippen LogP contribution in [0.3, 0.4) is 0 Å². The largest absolute Gasteiger partial charge is 0.472 e. The Morgan fingerprint density at radius 3 is 1.02 bits per heavy atom. The number of phosphoric acid groups is 1. The SMILES string of the molecule is CC/C=C\C/C=C\C/C=C\C/C=C\C/C=C\C/C=C\CCCCCCCCCCCCCCCCCCCCCCCCC(=O)NC(COP(=O)(O)OCC[N+](C)(C)C)C(O)/C=C/CC/C=C/CC/C=C/CCCCCCCCCCCCCCCCCCC. The molecule has 0 bridgehead atoms. The molecule has 0 aromatic carbocycles. The van der Waals surface area contributed by atoms with Gasteiger partial charge in [-0.1, -0.05) is 354 Å². The molecule has 0 radical (unpaired) electrons. The Morgan fingerprint density at radius 1 is 0.389 bits per heavy atom. The molecule has 3 atom stereocenters. The van der Waals surface area contributed by atoms with Crippen LogP contribution in [-0.2, 0) is 18.4 Å². The quantitative estimate of drug-likeness (QED) is 0.0243. The summed E-state index contributed by atoms with van der Waals surface area (Å²) in [6, 6.07) is -0.875. The molecule has 0 saturated carbocycles. The molecule has 0 saturated heterocycles. The van der Waals surface area contributed by atoms with Gasteiger partial charge in [0.15, 0.2) is 0 Å². The lowest BCUT2D eigenvalue weighted by atomic mass is 10.0. The van der Waals surface area contributed by atoms with Gasteiger partial charge in [0.05, 0.1) is 39.9 Å². The Bertz CT molecular complexity index is 1840. The van der Waals surface area contributed by atoms with E-state index >= 15 is 0 Å². The highest BCUT2D eigenvalue weighted by Crippen LogP contribution is 2.43. The van der Waals surface area contributed by atoms with Crippen molar-refractivity contribution >= 4 is 13.7 Å². The highest BCUT2D eigenvalue weighted by Gasteiger charge is 2.28. The second kappa shape index (κ2) is 70.5. The maximum absolute atomic E-state index is 13.1. The number of carbonyl (C=O) groups is 1. The lowest BCUT2D eigenvalue weighted by molar-refractivity contribution is -0.870. The fourth-order valence-electron chi connectivity index (χ4n) is 11.1. The van der Waals surface area contributed by atoms with Crippen molar-refractivity contribution in [2.75, 3.05) is 40.9 Å². The van der Waals surface area contributed by atoms with E-state index in [-0.39, 0.29) is 19.1 Å². The molecule has 90 heavy (non-hydrogen) atoms. The number of rotatable bonds is 70. The molecule has 0 aliphatic rings. The number of hydrogen-bond donors (Lipinski definition) is 3. The van der Waals surface area contributed by atoms with Crippen molar-refractivity contribution in [1.29, 1.82) is 0 Å². The number of phosphoric ester groups is 1. The minimum Gasteiger partial charge on any atom is -0.387 e. The van der Waals surface area contributed by atoms with Crippen LogP contribution in [0.25, 0.3) is 0 Å². The molecule has 3 N–H and O–H groups in total. The lowest BCUT2D eigenvalue weighted by Gasteiger charge is -2.25. The highest BCUT2D eigenvalue weighted by atomic mass is 31.2. The molecular formula is C81H148N2O6P+. The van der Waals surface area contributed by atoms with Gasteiger partial charge in [-0.15, -0.1) is 0 Å². The molecule has 8 nitrogen and oxygen atoms in total. The van der Waals surface area contributed by atoms with Crippen molar-refractivity contribution in [2.45, 2.75) is 360 Å². The number of allylic oxidation sites excluding steroid dienone is 17. The number of amides is 1. The summed E-state index contributed by atoms with van der Waals surface area (Å²) in [5, 5.41) is 14.0. The number of aliphatic hydroxyl groups excluding tert-OH is 1. The van der Waals surface area contributed by atoms with E-state index in [1.54, 1.807) is 6.08 Å². The molecule has 0 aliphatic carbocycles. The number of nitrogens with zero attached hydrogens (tertiary/aromatic N) is 1. The van der Waals surface area contributed by atoms with Gasteiger partial charge in [-0.25, -0.2) is 4.57 Å². The van der Waals surface area contributed by atoms with Crippen molar-refractivity contribution < 1.29 is 32.9 Å². The number of hydrogen-bond acceptors (Lipinski definition) is 5. The molecule has 522 valence electrons. The monoisotopic (exact) mass is 1280 g/mol. The zero-order valence-electron chi connectivity index (χ0n) is 59.9. The van der Waals surface area contributed by atoms with E-state index in [1.165, 1.54) is 244 Å². The van der Waals surface area contributed by atoms with Gasteiger partial charge in [0.2, 0.25) is 5.91 Å². The van der Waals surface area contributed by atoms with Gasteiger partial charge >= 0.3 is 7.82 Å². The van der Waals surface area contributed by atoms with Crippen LogP contribution < -0.4 is 5.32 Å². The Kier molecular flexibility index (Phi) is 68.3. The first-order valence-electron chi connectivity index (χ1n) is 38.3. The molecule has 9 heteroatoms. The number of carbonyl (C=O) groups excluding carboxylic acids is 1.